The Kier molecular flexibility index (Phi) is 6.07. The van der Waals surface area contributed by atoms with E-state index in [0.717, 1.165) is 24.0 Å². The number of fused-ring (bicyclic) bond motifs is 1. The van der Waals surface area contributed by atoms with Crippen LogP contribution in [0.4, 0.5) is 0 Å². The first-order chi connectivity index (χ1) is 13.2. The summed E-state index contributed by atoms with van der Waals surface area (Å²) >= 11 is 0. The van der Waals surface area contributed by atoms with E-state index in [1.165, 1.54) is 7.11 Å². The van der Waals surface area contributed by atoms with Crippen LogP contribution in [-0.2, 0) is 16.1 Å². The third-order valence-electron chi connectivity index (χ3n) is 4.91. The Morgan fingerprint density at radius 1 is 1.11 bits per heavy atom. The van der Waals surface area contributed by atoms with Crippen LogP contribution in [0.5, 0.6) is 0 Å². The van der Waals surface area contributed by atoms with Crippen LogP contribution in [0.15, 0.2) is 66.2 Å². The van der Waals surface area contributed by atoms with Crippen molar-refractivity contribution in [1.29, 1.82) is 0 Å². The van der Waals surface area contributed by atoms with Crippen LogP contribution in [0.1, 0.15) is 53.7 Å². The van der Waals surface area contributed by atoms with E-state index in [1.54, 1.807) is 0 Å². The predicted octanol–water partition coefficient (Wildman–Crippen LogP) is 4.67. The molecule has 3 rings (SSSR count). The minimum absolute atomic E-state index is 0.00425. The highest BCUT2D eigenvalue weighted by Gasteiger charge is 2.35. The molecule has 0 fully saturated rings. The molecule has 2 aromatic carbocycles. The van der Waals surface area contributed by atoms with Gasteiger partial charge in [0.2, 0.25) is 0 Å². The summed E-state index contributed by atoms with van der Waals surface area (Å²) in [5.74, 6) is -0.324. The maximum atomic E-state index is 13.0. The zero-order chi connectivity index (χ0) is 19.2. The van der Waals surface area contributed by atoms with E-state index < -0.39 is 0 Å². The number of carbonyl (C=O) groups excluding carboxylic acids is 2. The van der Waals surface area contributed by atoms with Gasteiger partial charge in [0.25, 0.3) is 5.91 Å². The molecule has 0 bridgehead atoms. The molecule has 0 aliphatic carbocycles. The quantitative estimate of drug-likeness (QED) is 0.530. The molecule has 0 N–H and O–H groups in total. The van der Waals surface area contributed by atoms with Gasteiger partial charge in [0, 0.05) is 17.7 Å². The zero-order valence-electron chi connectivity index (χ0n) is 15.9. The average molecular weight is 363 g/mol. The van der Waals surface area contributed by atoms with Crippen molar-refractivity contribution >= 4 is 11.9 Å². The Morgan fingerprint density at radius 3 is 2.52 bits per heavy atom. The third-order valence-corrected chi connectivity index (χ3v) is 4.91. The summed E-state index contributed by atoms with van der Waals surface area (Å²) < 4.78 is 4.98. The second-order valence-electron chi connectivity index (χ2n) is 6.74. The molecule has 27 heavy (non-hydrogen) atoms. The highest BCUT2D eigenvalue weighted by molar-refractivity contribution is 6.00. The molecule has 1 atom stereocenters. The van der Waals surface area contributed by atoms with Crippen LogP contribution in [0.2, 0.25) is 0 Å². The molecular formula is C23H25NO3. The number of rotatable bonds is 7. The lowest BCUT2D eigenvalue weighted by molar-refractivity contribution is -0.136. The summed E-state index contributed by atoms with van der Waals surface area (Å²) in [6.45, 7) is 2.59. The first-order valence-corrected chi connectivity index (χ1v) is 9.38. The van der Waals surface area contributed by atoms with Gasteiger partial charge in [-0.1, -0.05) is 61.9 Å². The van der Waals surface area contributed by atoms with E-state index in [0.29, 0.717) is 24.1 Å². The van der Waals surface area contributed by atoms with Crippen molar-refractivity contribution in [2.75, 3.05) is 7.11 Å². The third kappa shape index (κ3) is 4.11. The predicted molar refractivity (Wildman–Crippen MR) is 105 cm³/mol. The van der Waals surface area contributed by atoms with Crippen molar-refractivity contribution in [3.63, 3.8) is 0 Å². The highest BCUT2D eigenvalue weighted by Crippen LogP contribution is 2.37. The first kappa shape index (κ1) is 18.9. The minimum Gasteiger partial charge on any atom is -0.466 e. The van der Waals surface area contributed by atoms with Crippen molar-refractivity contribution in [3.05, 3.63) is 82.9 Å². The lowest BCUT2D eigenvalue weighted by Crippen LogP contribution is -2.27. The standard InChI is InChI=1S/C23H25NO3/c1-3-4-12-18(23(26)27-2)15-21-19-13-8-9-14-20(19)22(25)24(21)16-17-10-6-5-7-11-17/h5-11,13-15,21H,3-4,12,16H2,1-2H3/b18-15+. The van der Waals surface area contributed by atoms with Crippen LogP contribution >= 0.6 is 0 Å². The number of amides is 1. The van der Waals surface area contributed by atoms with Gasteiger partial charge in [0.1, 0.15) is 0 Å². The van der Waals surface area contributed by atoms with Crippen molar-refractivity contribution in [1.82, 2.24) is 4.90 Å². The van der Waals surface area contributed by atoms with E-state index in [1.807, 2.05) is 65.6 Å². The molecule has 0 spiro atoms. The minimum atomic E-state index is -0.319. The van der Waals surface area contributed by atoms with Crippen molar-refractivity contribution in [2.45, 2.75) is 38.8 Å². The summed E-state index contributed by atoms with van der Waals surface area (Å²) in [7, 11) is 1.40. The van der Waals surface area contributed by atoms with Crippen LogP contribution in [-0.4, -0.2) is 23.9 Å². The number of hydrogen-bond acceptors (Lipinski definition) is 3. The van der Waals surface area contributed by atoms with Gasteiger partial charge in [-0.15, -0.1) is 0 Å². The van der Waals surface area contributed by atoms with Crippen molar-refractivity contribution in [2.24, 2.45) is 0 Å². The van der Waals surface area contributed by atoms with Crippen LogP contribution in [0.3, 0.4) is 0 Å². The maximum Gasteiger partial charge on any atom is 0.333 e. The van der Waals surface area contributed by atoms with Crippen molar-refractivity contribution < 1.29 is 14.3 Å². The second kappa shape index (κ2) is 8.67. The summed E-state index contributed by atoms with van der Waals surface area (Å²) in [4.78, 5) is 27.1. The monoisotopic (exact) mass is 363 g/mol. The molecule has 1 heterocycles. The Bertz CT molecular complexity index is 842. The van der Waals surface area contributed by atoms with E-state index in [4.69, 9.17) is 4.74 Å². The molecule has 4 nitrogen and oxygen atoms in total. The largest absolute Gasteiger partial charge is 0.466 e. The molecule has 0 radical (unpaired) electrons. The van der Waals surface area contributed by atoms with Gasteiger partial charge in [-0.05, 0) is 36.1 Å². The Morgan fingerprint density at radius 2 is 1.81 bits per heavy atom. The number of methoxy groups -OCH3 is 1. The van der Waals surface area contributed by atoms with Crippen LogP contribution < -0.4 is 0 Å². The number of ether oxygens (including phenoxy) is 1. The van der Waals surface area contributed by atoms with E-state index in [9.17, 15) is 9.59 Å². The van der Waals surface area contributed by atoms with Gasteiger partial charge in [-0.25, -0.2) is 4.79 Å². The van der Waals surface area contributed by atoms with E-state index in [2.05, 4.69) is 6.92 Å². The molecule has 1 aliphatic rings. The number of benzene rings is 2. The lowest BCUT2D eigenvalue weighted by Gasteiger charge is -2.24. The van der Waals surface area contributed by atoms with Gasteiger partial charge in [-0.2, -0.15) is 0 Å². The fraction of sp³-hybridized carbons (Fsp3) is 0.304. The Hall–Kier alpha value is -2.88. The number of nitrogens with zero attached hydrogens (tertiary/aromatic N) is 1. The Balaban J connectivity index is 2.00. The topological polar surface area (TPSA) is 46.6 Å². The molecule has 140 valence electrons. The fourth-order valence-corrected chi connectivity index (χ4v) is 3.47. The van der Waals surface area contributed by atoms with Gasteiger partial charge >= 0.3 is 5.97 Å². The van der Waals surface area contributed by atoms with Gasteiger partial charge < -0.3 is 9.64 Å². The molecule has 0 saturated carbocycles. The maximum absolute atomic E-state index is 13.0. The molecule has 0 aromatic heterocycles. The normalized spacial score (nSPS) is 16.4. The van der Waals surface area contributed by atoms with Gasteiger partial charge in [0.05, 0.1) is 13.2 Å². The lowest BCUT2D eigenvalue weighted by atomic mass is 10.00. The SMILES string of the molecule is CCCC/C(=C\C1c2ccccc2C(=O)N1Cc1ccccc1)C(=O)OC. The van der Waals surface area contributed by atoms with Crippen LogP contribution in [0.25, 0.3) is 0 Å². The molecule has 1 aliphatic heterocycles. The van der Waals surface area contributed by atoms with Crippen molar-refractivity contribution in [3.8, 4) is 0 Å². The number of hydrogen-bond donors (Lipinski definition) is 0. The van der Waals surface area contributed by atoms with Crippen LogP contribution in [0, 0.1) is 0 Å². The highest BCUT2D eigenvalue weighted by atomic mass is 16.5. The average Bonchev–Trinajstić information content (AvgIpc) is 2.97. The van der Waals surface area contributed by atoms with Gasteiger partial charge in [-0.3, -0.25) is 4.79 Å². The zero-order valence-corrected chi connectivity index (χ0v) is 15.9. The number of unbranched alkanes of at least 4 members (excludes halogenated alkanes) is 1. The fourth-order valence-electron chi connectivity index (χ4n) is 3.47. The summed E-state index contributed by atoms with van der Waals surface area (Å²) in [6.07, 6.45) is 4.45. The molecule has 2 aromatic rings. The summed E-state index contributed by atoms with van der Waals surface area (Å²) in [5.41, 5.74) is 3.34. The summed E-state index contributed by atoms with van der Waals surface area (Å²) in [5, 5.41) is 0. The molecule has 1 amide bonds. The number of esters is 1. The molecule has 1 unspecified atom stereocenters. The summed E-state index contributed by atoms with van der Waals surface area (Å²) in [6, 6.07) is 17.3. The smallest absolute Gasteiger partial charge is 0.333 e. The second-order valence-corrected chi connectivity index (χ2v) is 6.74. The first-order valence-electron chi connectivity index (χ1n) is 9.38. The van der Waals surface area contributed by atoms with E-state index >= 15 is 0 Å². The van der Waals surface area contributed by atoms with E-state index in [-0.39, 0.29) is 17.9 Å². The molecule has 4 heteroatoms. The molecule has 0 saturated heterocycles. The molecular weight excluding hydrogens is 338 g/mol. The Labute approximate surface area is 160 Å². The number of carbonyl (C=O) groups is 2. The van der Waals surface area contributed by atoms with Gasteiger partial charge in [0.15, 0.2) is 0 Å².